The van der Waals surface area contributed by atoms with Crippen molar-refractivity contribution >= 4 is 27.3 Å². The molecular formula is C12H15ClN4O2S. The van der Waals surface area contributed by atoms with E-state index in [-0.39, 0.29) is 17.1 Å². The molecule has 1 aromatic heterocycles. The molecule has 2 rings (SSSR count). The van der Waals surface area contributed by atoms with Crippen molar-refractivity contribution < 1.29 is 8.42 Å². The van der Waals surface area contributed by atoms with E-state index in [1.165, 1.54) is 12.1 Å². The van der Waals surface area contributed by atoms with E-state index in [2.05, 4.69) is 14.9 Å². The molecule has 2 aromatic rings. The van der Waals surface area contributed by atoms with Crippen LogP contribution in [-0.4, -0.2) is 18.6 Å². The zero-order valence-corrected chi connectivity index (χ0v) is 12.6. The van der Waals surface area contributed by atoms with Crippen molar-refractivity contribution in [1.82, 2.24) is 14.9 Å². The van der Waals surface area contributed by atoms with Crippen LogP contribution in [-0.2, 0) is 16.6 Å². The molecule has 6 nitrogen and oxygen atoms in total. The Morgan fingerprint density at radius 1 is 1.40 bits per heavy atom. The van der Waals surface area contributed by atoms with E-state index in [9.17, 15) is 8.42 Å². The van der Waals surface area contributed by atoms with E-state index in [0.717, 1.165) is 11.3 Å². The highest BCUT2D eigenvalue weighted by molar-refractivity contribution is 7.89. The second-order valence-corrected chi connectivity index (χ2v) is 6.63. The Bertz CT molecular complexity index is 740. The summed E-state index contributed by atoms with van der Waals surface area (Å²) in [5.74, 6) is 0. The fourth-order valence-corrected chi connectivity index (χ4v) is 3.25. The second-order valence-electron chi connectivity index (χ2n) is 4.48. The Morgan fingerprint density at radius 3 is 2.70 bits per heavy atom. The Kier molecular flexibility index (Phi) is 4.03. The summed E-state index contributed by atoms with van der Waals surface area (Å²) >= 11 is 5.86. The zero-order valence-electron chi connectivity index (χ0n) is 11.1. The third kappa shape index (κ3) is 2.95. The Morgan fingerprint density at radius 2 is 2.10 bits per heavy atom. The number of aromatic nitrogens is 2. The predicted molar refractivity (Wildman–Crippen MR) is 78.0 cm³/mol. The highest BCUT2D eigenvalue weighted by Gasteiger charge is 2.18. The number of aryl methyl sites for hydroxylation is 2. The van der Waals surface area contributed by atoms with Gasteiger partial charge in [-0.1, -0.05) is 11.6 Å². The van der Waals surface area contributed by atoms with Gasteiger partial charge in [-0.15, -0.1) is 0 Å². The lowest BCUT2D eigenvalue weighted by molar-refractivity contribution is 0.580. The lowest BCUT2D eigenvalue weighted by Crippen LogP contribution is -2.24. The SMILES string of the molecule is Cc1cc(Cl)c(N)cc1S(=O)(=O)NCc1cn[nH]c1C. The number of hydrogen-bond donors (Lipinski definition) is 3. The molecule has 0 spiro atoms. The number of hydrogen-bond acceptors (Lipinski definition) is 4. The molecule has 8 heteroatoms. The lowest BCUT2D eigenvalue weighted by atomic mass is 10.2. The Hall–Kier alpha value is -1.57. The third-order valence-electron chi connectivity index (χ3n) is 2.97. The van der Waals surface area contributed by atoms with Crippen LogP contribution in [0.2, 0.25) is 5.02 Å². The van der Waals surface area contributed by atoms with Crippen molar-refractivity contribution in [3.05, 3.63) is 40.2 Å². The monoisotopic (exact) mass is 314 g/mol. The summed E-state index contributed by atoms with van der Waals surface area (Å²) in [6.45, 7) is 3.65. The number of nitrogen functional groups attached to an aromatic ring is 1. The van der Waals surface area contributed by atoms with Crippen LogP contribution in [0.15, 0.2) is 23.2 Å². The number of aromatic amines is 1. The summed E-state index contributed by atoms with van der Waals surface area (Å²) in [4.78, 5) is 0.126. The molecule has 0 aliphatic rings. The Balaban J connectivity index is 2.27. The summed E-state index contributed by atoms with van der Waals surface area (Å²) in [5, 5.41) is 6.93. The molecule has 0 bridgehead atoms. The van der Waals surface area contributed by atoms with Crippen LogP contribution < -0.4 is 10.5 Å². The number of H-pyrrole nitrogens is 1. The van der Waals surface area contributed by atoms with Gasteiger partial charge in [0.15, 0.2) is 0 Å². The van der Waals surface area contributed by atoms with Gasteiger partial charge in [0, 0.05) is 17.8 Å². The van der Waals surface area contributed by atoms with Gasteiger partial charge in [-0.3, -0.25) is 5.10 Å². The first kappa shape index (κ1) is 14.8. The standard InChI is InChI=1S/C12H15ClN4O2S/c1-7-3-10(13)11(14)4-12(7)20(18,19)16-6-9-5-15-17-8(9)2/h3-5,16H,6,14H2,1-2H3,(H,15,17). The maximum absolute atomic E-state index is 12.3. The summed E-state index contributed by atoms with van der Waals surface area (Å²) in [6, 6.07) is 2.90. The first-order chi connectivity index (χ1) is 9.31. The predicted octanol–water partition coefficient (Wildman–Crippen LogP) is 1.74. The molecule has 1 aromatic carbocycles. The van der Waals surface area contributed by atoms with E-state index < -0.39 is 10.0 Å². The number of nitrogens with one attached hydrogen (secondary N) is 2. The molecule has 108 valence electrons. The molecular weight excluding hydrogens is 300 g/mol. The molecule has 0 radical (unpaired) electrons. The zero-order chi connectivity index (χ0) is 14.9. The van der Waals surface area contributed by atoms with E-state index in [4.69, 9.17) is 17.3 Å². The lowest BCUT2D eigenvalue weighted by Gasteiger charge is -2.10. The fourth-order valence-electron chi connectivity index (χ4n) is 1.76. The molecule has 0 fully saturated rings. The van der Waals surface area contributed by atoms with E-state index in [1.54, 1.807) is 13.1 Å². The number of rotatable bonds is 4. The maximum atomic E-state index is 12.3. The number of halogens is 1. The van der Waals surface area contributed by atoms with Crippen molar-refractivity contribution in [2.75, 3.05) is 5.73 Å². The first-order valence-corrected chi connectivity index (χ1v) is 7.71. The minimum Gasteiger partial charge on any atom is -0.397 e. The van der Waals surface area contributed by atoms with Crippen LogP contribution >= 0.6 is 11.6 Å². The minimum atomic E-state index is -3.65. The van der Waals surface area contributed by atoms with Gasteiger partial charge in [0.25, 0.3) is 0 Å². The van der Waals surface area contributed by atoms with Crippen molar-refractivity contribution in [3.8, 4) is 0 Å². The van der Waals surface area contributed by atoms with Gasteiger partial charge in [-0.2, -0.15) is 5.10 Å². The minimum absolute atomic E-state index is 0.126. The summed E-state index contributed by atoms with van der Waals surface area (Å²) in [7, 11) is -3.65. The van der Waals surface area contributed by atoms with Crippen LogP contribution in [0.4, 0.5) is 5.69 Å². The fraction of sp³-hybridized carbons (Fsp3) is 0.250. The van der Waals surface area contributed by atoms with Crippen molar-refractivity contribution in [3.63, 3.8) is 0 Å². The summed E-state index contributed by atoms with van der Waals surface area (Å²) in [6.07, 6.45) is 1.58. The molecule has 20 heavy (non-hydrogen) atoms. The van der Waals surface area contributed by atoms with Crippen LogP contribution in [0.3, 0.4) is 0 Å². The van der Waals surface area contributed by atoms with Crippen LogP contribution in [0.25, 0.3) is 0 Å². The van der Waals surface area contributed by atoms with Crippen LogP contribution in [0.1, 0.15) is 16.8 Å². The van der Waals surface area contributed by atoms with Crippen molar-refractivity contribution in [2.24, 2.45) is 0 Å². The molecule has 0 saturated carbocycles. The Labute approximate surface area is 122 Å². The number of nitrogens with zero attached hydrogens (tertiary/aromatic N) is 1. The summed E-state index contributed by atoms with van der Waals surface area (Å²) < 4.78 is 27.1. The van der Waals surface area contributed by atoms with Gasteiger partial charge in [-0.25, -0.2) is 13.1 Å². The van der Waals surface area contributed by atoms with Gasteiger partial charge in [-0.05, 0) is 31.5 Å². The van der Waals surface area contributed by atoms with Gasteiger partial charge >= 0.3 is 0 Å². The smallest absolute Gasteiger partial charge is 0.241 e. The molecule has 0 unspecified atom stereocenters. The highest BCUT2D eigenvalue weighted by atomic mass is 35.5. The van der Waals surface area contributed by atoms with Gasteiger partial charge in [0.2, 0.25) is 10.0 Å². The largest absolute Gasteiger partial charge is 0.397 e. The molecule has 0 atom stereocenters. The normalized spacial score (nSPS) is 11.8. The second kappa shape index (κ2) is 5.43. The molecule has 0 aliphatic heterocycles. The quantitative estimate of drug-likeness (QED) is 0.748. The van der Waals surface area contributed by atoms with Gasteiger partial charge in [0.05, 0.1) is 21.8 Å². The molecule has 4 N–H and O–H groups in total. The van der Waals surface area contributed by atoms with Crippen LogP contribution in [0.5, 0.6) is 0 Å². The number of nitrogens with two attached hydrogens (primary N) is 1. The van der Waals surface area contributed by atoms with E-state index in [0.29, 0.717) is 10.6 Å². The van der Waals surface area contributed by atoms with Crippen molar-refractivity contribution in [2.45, 2.75) is 25.3 Å². The van der Waals surface area contributed by atoms with Crippen LogP contribution in [0, 0.1) is 13.8 Å². The highest BCUT2D eigenvalue weighted by Crippen LogP contribution is 2.26. The van der Waals surface area contributed by atoms with Gasteiger partial charge < -0.3 is 5.73 Å². The third-order valence-corrected chi connectivity index (χ3v) is 4.84. The molecule has 0 saturated heterocycles. The summed E-state index contributed by atoms with van der Waals surface area (Å²) in [5.41, 5.74) is 8.04. The van der Waals surface area contributed by atoms with Crippen molar-refractivity contribution in [1.29, 1.82) is 0 Å². The van der Waals surface area contributed by atoms with E-state index >= 15 is 0 Å². The number of benzene rings is 1. The van der Waals surface area contributed by atoms with E-state index in [1.807, 2.05) is 6.92 Å². The molecule has 1 heterocycles. The average Bonchev–Trinajstić information content (AvgIpc) is 2.77. The molecule has 0 aliphatic carbocycles. The number of anilines is 1. The molecule has 0 amide bonds. The average molecular weight is 315 g/mol. The first-order valence-electron chi connectivity index (χ1n) is 5.85. The maximum Gasteiger partial charge on any atom is 0.241 e. The van der Waals surface area contributed by atoms with Gasteiger partial charge in [0.1, 0.15) is 0 Å². The number of sulfonamides is 1. The topological polar surface area (TPSA) is 101 Å².